The van der Waals surface area contributed by atoms with Gasteiger partial charge in [-0.15, -0.1) is 0 Å². The van der Waals surface area contributed by atoms with Crippen LogP contribution in [0, 0.1) is 5.92 Å². The molecule has 1 unspecified atom stereocenters. The van der Waals surface area contributed by atoms with Gasteiger partial charge in [0.15, 0.2) is 6.61 Å². The highest BCUT2D eigenvalue weighted by Gasteiger charge is 2.13. The van der Waals surface area contributed by atoms with Gasteiger partial charge >= 0.3 is 5.97 Å². The molecule has 1 amide bonds. The Morgan fingerprint density at radius 1 is 1.25 bits per heavy atom. The van der Waals surface area contributed by atoms with Crippen LogP contribution in [-0.4, -0.2) is 25.6 Å². The molecule has 154 valence electrons. The van der Waals surface area contributed by atoms with Crippen molar-refractivity contribution in [1.82, 2.24) is 5.32 Å². The van der Waals surface area contributed by atoms with E-state index in [2.05, 4.69) is 36.9 Å². The third kappa shape index (κ3) is 9.81. The lowest BCUT2D eigenvalue weighted by molar-refractivity contribution is -0.134. The van der Waals surface area contributed by atoms with Gasteiger partial charge in [0.25, 0.3) is 5.91 Å². The standard InChI is InChI=1S/C21H27Cl2NO4/c1-14(2)6-5-7-15(3)10-17(12-21(26)27-4)24-20(25)13-28-19-9-8-16(22)11-18(19)23/h6,8-9,11-12,15H,5,7,10,13H2,1-4H3,(H,24,25). The Kier molecular flexibility index (Phi) is 10.7. The number of ether oxygens (including phenoxy) is 2. The lowest BCUT2D eigenvalue weighted by Gasteiger charge is -2.15. The largest absolute Gasteiger partial charge is 0.482 e. The summed E-state index contributed by atoms with van der Waals surface area (Å²) >= 11 is 11.9. The van der Waals surface area contributed by atoms with Crippen LogP contribution in [-0.2, 0) is 14.3 Å². The lowest BCUT2D eigenvalue weighted by Crippen LogP contribution is -2.29. The van der Waals surface area contributed by atoms with Gasteiger partial charge in [-0.25, -0.2) is 4.79 Å². The molecule has 1 aromatic carbocycles. The highest BCUT2D eigenvalue weighted by molar-refractivity contribution is 6.35. The van der Waals surface area contributed by atoms with Gasteiger partial charge in [0.05, 0.1) is 12.1 Å². The van der Waals surface area contributed by atoms with Crippen molar-refractivity contribution >= 4 is 35.1 Å². The number of nitrogens with one attached hydrogen (secondary N) is 1. The van der Waals surface area contributed by atoms with Gasteiger partial charge < -0.3 is 14.8 Å². The van der Waals surface area contributed by atoms with Crippen LogP contribution in [0.25, 0.3) is 0 Å². The molecule has 1 atom stereocenters. The smallest absolute Gasteiger partial charge is 0.332 e. The Morgan fingerprint density at radius 3 is 2.57 bits per heavy atom. The van der Waals surface area contributed by atoms with Gasteiger partial charge in [0.2, 0.25) is 0 Å². The summed E-state index contributed by atoms with van der Waals surface area (Å²) in [4.78, 5) is 23.9. The maximum atomic E-state index is 12.3. The average Bonchev–Trinajstić information content (AvgIpc) is 2.60. The van der Waals surface area contributed by atoms with Crippen LogP contribution in [0.5, 0.6) is 5.75 Å². The summed E-state index contributed by atoms with van der Waals surface area (Å²) in [6, 6.07) is 4.75. The molecule has 1 rings (SSSR count). The number of benzene rings is 1. The molecule has 0 aliphatic carbocycles. The van der Waals surface area contributed by atoms with Gasteiger partial charge in [-0.05, 0) is 57.2 Å². The number of carbonyl (C=O) groups excluding carboxylic acids is 2. The summed E-state index contributed by atoms with van der Waals surface area (Å²) < 4.78 is 10.1. The Labute approximate surface area is 176 Å². The SMILES string of the molecule is COC(=O)C=C(CC(C)CCC=C(C)C)NC(=O)COc1ccc(Cl)cc1Cl. The van der Waals surface area contributed by atoms with Crippen molar-refractivity contribution in [2.75, 3.05) is 13.7 Å². The quantitative estimate of drug-likeness (QED) is 0.311. The van der Waals surface area contributed by atoms with E-state index in [1.54, 1.807) is 12.1 Å². The highest BCUT2D eigenvalue weighted by Crippen LogP contribution is 2.27. The molecule has 0 aliphatic rings. The van der Waals surface area contributed by atoms with E-state index in [9.17, 15) is 9.59 Å². The highest BCUT2D eigenvalue weighted by atomic mass is 35.5. The first kappa shape index (κ1) is 24.1. The van der Waals surface area contributed by atoms with Gasteiger partial charge in [-0.2, -0.15) is 0 Å². The molecule has 0 aliphatic heterocycles. The van der Waals surface area contributed by atoms with E-state index < -0.39 is 11.9 Å². The van der Waals surface area contributed by atoms with Crippen LogP contribution >= 0.6 is 23.2 Å². The molecule has 1 aromatic rings. The third-order valence-corrected chi connectivity index (χ3v) is 4.36. The van der Waals surface area contributed by atoms with Gasteiger partial charge in [-0.1, -0.05) is 41.8 Å². The van der Waals surface area contributed by atoms with Crippen molar-refractivity contribution in [3.05, 3.63) is 51.7 Å². The van der Waals surface area contributed by atoms with Crippen LogP contribution in [0.2, 0.25) is 10.0 Å². The maximum absolute atomic E-state index is 12.3. The molecule has 28 heavy (non-hydrogen) atoms. The van der Waals surface area contributed by atoms with Crippen molar-refractivity contribution in [3.63, 3.8) is 0 Å². The lowest BCUT2D eigenvalue weighted by atomic mass is 9.98. The van der Waals surface area contributed by atoms with E-state index in [4.69, 9.17) is 27.9 Å². The van der Waals surface area contributed by atoms with Crippen molar-refractivity contribution in [2.24, 2.45) is 5.92 Å². The van der Waals surface area contributed by atoms with Crippen molar-refractivity contribution in [1.29, 1.82) is 0 Å². The summed E-state index contributed by atoms with van der Waals surface area (Å²) in [6.07, 6.45) is 5.89. The van der Waals surface area contributed by atoms with E-state index in [1.165, 1.54) is 24.8 Å². The number of hydrogen-bond acceptors (Lipinski definition) is 4. The first-order valence-electron chi connectivity index (χ1n) is 9.00. The molecule has 0 spiro atoms. The Hall–Kier alpha value is -1.98. The molecular formula is C21H27Cl2NO4. The number of carbonyl (C=O) groups is 2. The molecule has 0 aromatic heterocycles. The monoisotopic (exact) mass is 427 g/mol. The first-order valence-corrected chi connectivity index (χ1v) is 9.76. The molecule has 1 N–H and O–H groups in total. The zero-order valence-corrected chi connectivity index (χ0v) is 18.2. The summed E-state index contributed by atoms with van der Waals surface area (Å²) in [5, 5.41) is 3.52. The van der Waals surface area contributed by atoms with Crippen molar-refractivity contribution < 1.29 is 19.1 Å². The Bertz CT molecular complexity index is 740. The average molecular weight is 428 g/mol. The fourth-order valence-corrected chi connectivity index (χ4v) is 2.90. The van der Waals surface area contributed by atoms with Gasteiger partial charge in [0.1, 0.15) is 5.75 Å². The number of amides is 1. The Balaban J connectivity index is 2.66. The first-order chi connectivity index (χ1) is 13.2. The molecule has 0 heterocycles. The van der Waals surface area contributed by atoms with Crippen LogP contribution in [0.3, 0.4) is 0 Å². The maximum Gasteiger partial charge on any atom is 0.332 e. The molecule has 0 saturated carbocycles. The van der Waals surface area contributed by atoms with Crippen LogP contribution in [0.4, 0.5) is 0 Å². The number of esters is 1. The van der Waals surface area contributed by atoms with E-state index in [0.717, 1.165) is 12.8 Å². The van der Waals surface area contributed by atoms with E-state index in [0.29, 0.717) is 27.9 Å². The van der Waals surface area contributed by atoms with Crippen molar-refractivity contribution in [2.45, 2.75) is 40.0 Å². The summed E-state index contributed by atoms with van der Waals surface area (Å²) in [5.41, 5.74) is 1.76. The number of halogens is 2. The fraction of sp³-hybridized carbons (Fsp3) is 0.429. The summed E-state index contributed by atoms with van der Waals surface area (Å²) in [5.74, 6) is -0.278. The summed E-state index contributed by atoms with van der Waals surface area (Å²) in [6.45, 7) is 5.94. The van der Waals surface area contributed by atoms with E-state index in [-0.39, 0.29) is 12.5 Å². The summed E-state index contributed by atoms with van der Waals surface area (Å²) in [7, 11) is 1.29. The minimum Gasteiger partial charge on any atom is -0.482 e. The number of rotatable bonds is 10. The molecular weight excluding hydrogens is 401 g/mol. The second-order valence-electron chi connectivity index (χ2n) is 6.77. The predicted molar refractivity (Wildman–Crippen MR) is 113 cm³/mol. The zero-order chi connectivity index (χ0) is 21.1. The minimum atomic E-state index is -0.520. The van der Waals surface area contributed by atoms with Gasteiger partial charge in [-0.3, -0.25) is 4.79 Å². The molecule has 5 nitrogen and oxygen atoms in total. The normalized spacial score (nSPS) is 12.1. The number of allylic oxidation sites excluding steroid dienone is 3. The van der Waals surface area contributed by atoms with Gasteiger partial charge in [0, 0.05) is 16.8 Å². The molecule has 0 radical (unpaired) electrons. The fourth-order valence-electron chi connectivity index (χ4n) is 2.43. The third-order valence-electron chi connectivity index (χ3n) is 3.83. The van der Waals surface area contributed by atoms with Crippen LogP contribution in [0.1, 0.15) is 40.0 Å². The molecule has 0 saturated heterocycles. The number of hydrogen-bond donors (Lipinski definition) is 1. The second-order valence-corrected chi connectivity index (χ2v) is 7.62. The Morgan fingerprint density at radius 2 is 1.96 bits per heavy atom. The van der Waals surface area contributed by atoms with Crippen LogP contribution in [0.15, 0.2) is 41.6 Å². The molecule has 0 bridgehead atoms. The zero-order valence-electron chi connectivity index (χ0n) is 16.7. The molecule has 0 fully saturated rings. The predicted octanol–water partition coefficient (Wildman–Crippen LogP) is 5.32. The number of methoxy groups -OCH3 is 1. The van der Waals surface area contributed by atoms with E-state index >= 15 is 0 Å². The minimum absolute atomic E-state index is 0.244. The topological polar surface area (TPSA) is 64.6 Å². The van der Waals surface area contributed by atoms with Crippen LogP contribution < -0.4 is 10.1 Å². The van der Waals surface area contributed by atoms with E-state index in [1.807, 2.05) is 0 Å². The van der Waals surface area contributed by atoms with Crippen molar-refractivity contribution in [3.8, 4) is 5.75 Å². The molecule has 7 heteroatoms. The second kappa shape index (κ2) is 12.5.